The van der Waals surface area contributed by atoms with Crippen molar-refractivity contribution < 1.29 is 19.4 Å². The van der Waals surface area contributed by atoms with Crippen LogP contribution in [0.2, 0.25) is 5.02 Å². The summed E-state index contributed by atoms with van der Waals surface area (Å²) in [4.78, 5) is 22.8. The third-order valence-corrected chi connectivity index (χ3v) is 2.32. The van der Waals surface area contributed by atoms with Gasteiger partial charge in [0.2, 0.25) is 0 Å². The summed E-state index contributed by atoms with van der Waals surface area (Å²) in [6, 6.07) is 4.02. The summed E-state index contributed by atoms with van der Waals surface area (Å²) in [6.45, 7) is 2.07. The van der Waals surface area contributed by atoms with Crippen molar-refractivity contribution in [2.75, 3.05) is 13.2 Å². The lowest BCUT2D eigenvalue weighted by Crippen LogP contribution is -2.29. The van der Waals surface area contributed by atoms with Crippen LogP contribution >= 0.6 is 11.6 Å². The minimum Gasteiger partial charge on any atom is -0.507 e. The highest BCUT2D eigenvalue weighted by molar-refractivity contribution is 6.30. The number of nitrogens with one attached hydrogen (secondary N) is 1. The molecule has 6 heteroatoms. The number of carbonyl (C=O) groups excluding carboxylic acids is 2. The molecule has 0 heterocycles. The van der Waals surface area contributed by atoms with Crippen LogP contribution in [-0.2, 0) is 9.53 Å². The minimum atomic E-state index is -0.768. The molecule has 0 saturated carbocycles. The largest absolute Gasteiger partial charge is 0.507 e. The molecule has 2 N–H and O–H groups in total. The number of halogens is 1. The molecule has 1 aromatic rings. The molecule has 0 spiro atoms. The molecule has 0 bridgehead atoms. The molecule has 0 saturated heterocycles. The molecule has 0 aliphatic rings. The van der Waals surface area contributed by atoms with Gasteiger partial charge in [0.1, 0.15) is 11.3 Å². The summed E-state index contributed by atoms with van der Waals surface area (Å²) in [5.74, 6) is -1.42. The van der Waals surface area contributed by atoms with Gasteiger partial charge in [0, 0.05) is 11.6 Å². The lowest BCUT2D eigenvalue weighted by Gasteiger charge is -2.06. The maximum atomic E-state index is 11.5. The lowest BCUT2D eigenvalue weighted by atomic mass is 10.2. The smallest absolute Gasteiger partial charge is 0.342 e. The van der Waals surface area contributed by atoms with Crippen LogP contribution in [0.1, 0.15) is 23.7 Å². The van der Waals surface area contributed by atoms with E-state index < -0.39 is 5.97 Å². The van der Waals surface area contributed by atoms with E-state index in [1.54, 1.807) is 0 Å². The van der Waals surface area contributed by atoms with Crippen LogP contribution in [0.25, 0.3) is 0 Å². The molecule has 0 atom stereocenters. The van der Waals surface area contributed by atoms with Gasteiger partial charge in [-0.3, -0.25) is 4.79 Å². The van der Waals surface area contributed by atoms with Crippen molar-refractivity contribution in [1.29, 1.82) is 0 Å². The van der Waals surface area contributed by atoms with Crippen LogP contribution in [-0.4, -0.2) is 30.1 Å². The quantitative estimate of drug-likeness (QED) is 0.800. The molecule has 0 fully saturated rings. The second-order valence-electron chi connectivity index (χ2n) is 3.59. The molecule has 0 radical (unpaired) electrons. The summed E-state index contributed by atoms with van der Waals surface area (Å²) in [7, 11) is 0. The number of benzene rings is 1. The lowest BCUT2D eigenvalue weighted by molar-refractivity contribution is -0.124. The number of ether oxygens (including phenoxy) is 1. The SMILES string of the molecule is CCCNC(=O)COC(=O)c1ccc(Cl)cc1O. The van der Waals surface area contributed by atoms with E-state index in [0.29, 0.717) is 11.6 Å². The maximum absolute atomic E-state index is 11.5. The second-order valence-corrected chi connectivity index (χ2v) is 4.02. The number of esters is 1. The Hall–Kier alpha value is -1.75. The predicted octanol–water partition coefficient (Wildman–Crippen LogP) is 1.73. The average molecular weight is 272 g/mol. The second kappa shape index (κ2) is 6.86. The summed E-state index contributed by atoms with van der Waals surface area (Å²) in [6.07, 6.45) is 0.803. The number of rotatable bonds is 5. The minimum absolute atomic E-state index is 0.0253. The number of hydrogen-bond donors (Lipinski definition) is 2. The summed E-state index contributed by atoms with van der Waals surface area (Å²) in [5, 5.41) is 12.4. The van der Waals surface area contributed by atoms with Gasteiger partial charge < -0.3 is 15.2 Å². The fourth-order valence-electron chi connectivity index (χ4n) is 1.20. The van der Waals surface area contributed by atoms with Crippen LogP contribution in [0.15, 0.2) is 18.2 Å². The van der Waals surface area contributed by atoms with Gasteiger partial charge in [-0.2, -0.15) is 0 Å². The monoisotopic (exact) mass is 271 g/mol. The van der Waals surface area contributed by atoms with Crippen molar-refractivity contribution in [1.82, 2.24) is 5.32 Å². The van der Waals surface area contributed by atoms with Crippen molar-refractivity contribution >= 4 is 23.5 Å². The van der Waals surface area contributed by atoms with Gasteiger partial charge in [-0.15, -0.1) is 0 Å². The fourth-order valence-corrected chi connectivity index (χ4v) is 1.37. The van der Waals surface area contributed by atoms with Crippen molar-refractivity contribution in [3.8, 4) is 5.75 Å². The first kappa shape index (κ1) is 14.3. The standard InChI is InChI=1S/C12H14ClNO4/c1-2-5-14-11(16)7-18-12(17)9-4-3-8(13)6-10(9)15/h3-4,6,15H,2,5,7H2,1H3,(H,14,16). The van der Waals surface area contributed by atoms with Gasteiger partial charge in [-0.05, 0) is 24.6 Å². The first-order valence-electron chi connectivity index (χ1n) is 5.47. The molecular formula is C12H14ClNO4. The Morgan fingerprint density at radius 2 is 2.17 bits per heavy atom. The average Bonchev–Trinajstić information content (AvgIpc) is 2.33. The Morgan fingerprint density at radius 1 is 1.44 bits per heavy atom. The molecule has 1 aromatic carbocycles. The Morgan fingerprint density at radius 3 is 2.78 bits per heavy atom. The normalized spacial score (nSPS) is 9.89. The number of hydrogen-bond acceptors (Lipinski definition) is 4. The highest BCUT2D eigenvalue weighted by Crippen LogP contribution is 2.22. The van der Waals surface area contributed by atoms with Gasteiger partial charge in [0.05, 0.1) is 0 Å². The molecular weight excluding hydrogens is 258 g/mol. The van der Waals surface area contributed by atoms with Crippen LogP contribution in [0, 0.1) is 0 Å². The van der Waals surface area contributed by atoms with E-state index in [4.69, 9.17) is 16.3 Å². The van der Waals surface area contributed by atoms with Crippen molar-refractivity contribution in [3.63, 3.8) is 0 Å². The van der Waals surface area contributed by atoms with E-state index in [1.807, 2.05) is 6.92 Å². The van der Waals surface area contributed by atoms with E-state index >= 15 is 0 Å². The molecule has 0 aliphatic carbocycles. The zero-order chi connectivity index (χ0) is 13.5. The molecule has 1 rings (SSSR count). The van der Waals surface area contributed by atoms with Gasteiger partial charge in [0.25, 0.3) is 5.91 Å². The van der Waals surface area contributed by atoms with Crippen LogP contribution in [0.5, 0.6) is 5.75 Å². The summed E-state index contributed by atoms with van der Waals surface area (Å²) >= 11 is 5.63. The van der Waals surface area contributed by atoms with E-state index in [-0.39, 0.29) is 23.8 Å². The van der Waals surface area contributed by atoms with Gasteiger partial charge >= 0.3 is 5.97 Å². The first-order valence-corrected chi connectivity index (χ1v) is 5.84. The maximum Gasteiger partial charge on any atom is 0.342 e. The molecule has 0 aromatic heterocycles. The topological polar surface area (TPSA) is 75.6 Å². The van der Waals surface area contributed by atoms with Crippen LogP contribution in [0.4, 0.5) is 0 Å². The number of aromatic hydroxyl groups is 1. The summed E-state index contributed by atoms with van der Waals surface area (Å²) in [5.41, 5.74) is -0.0253. The molecule has 18 heavy (non-hydrogen) atoms. The Labute approximate surface area is 110 Å². The number of carbonyl (C=O) groups is 2. The van der Waals surface area contributed by atoms with Crippen LogP contribution in [0.3, 0.4) is 0 Å². The van der Waals surface area contributed by atoms with Crippen molar-refractivity contribution in [2.24, 2.45) is 0 Å². The highest BCUT2D eigenvalue weighted by Gasteiger charge is 2.14. The molecule has 0 unspecified atom stereocenters. The molecule has 0 aliphatic heterocycles. The molecule has 5 nitrogen and oxygen atoms in total. The summed E-state index contributed by atoms with van der Waals surface area (Å²) < 4.78 is 4.75. The zero-order valence-corrected chi connectivity index (χ0v) is 10.7. The number of phenols is 1. The predicted molar refractivity (Wildman–Crippen MR) is 66.7 cm³/mol. The third-order valence-electron chi connectivity index (χ3n) is 2.09. The van der Waals surface area contributed by atoms with Crippen molar-refractivity contribution in [3.05, 3.63) is 28.8 Å². The van der Waals surface area contributed by atoms with E-state index in [2.05, 4.69) is 5.32 Å². The van der Waals surface area contributed by atoms with Gasteiger partial charge in [-0.25, -0.2) is 4.79 Å². The van der Waals surface area contributed by atoms with E-state index in [1.165, 1.54) is 18.2 Å². The zero-order valence-electron chi connectivity index (χ0n) is 9.90. The Bertz CT molecular complexity index is 448. The first-order chi connectivity index (χ1) is 8.54. The Balaban J connectivity index is 2.53. The highest BCUT2D eigenvalue weighted by atomic mass is 35.5. The van der Waals surface area contributed by atoms with E-state index in [9.17, 15) is 14.7 Å². The molecule has 98 valence electrons. The number of amides is 1. The van der Waals surface area contributed by atoms with Gasteiger partial charge in [-0.1, -0.05) is 18.5 Å². The van der Waals surface area contributed by atoms with Crippen molar-refractivity contribution in [2.45, 2.75) is 13.3 Å². The Kier molecular flexibility index (Phi) is 5.45. The van der Waals surface area contributed by atoms with Gasteiger partial charge in [0.15, 0.2) is 6.61 Å². The third kappa shape index (κ3) is 4.25. The van der Waals surface area contributed by atoms with E-state index in [0.717, 1.165) is 6.42 Å². The van der Waals surface area contributed by atoms with Crippen LogP contribution < -0.4 is 5.32 Å². The molecule has 1 amide bonds. The fraction of sp³-hybridized carbons (Fsp3) is 0.333. The number of phenolic OH excluding ortho intramolecular Hbond substituents is 1.